The highest BCUT2D eigenvalue weighted by Crippen LogP contribution is 2.16. The quantitative estimate of drug-likeness (QED) is 0.834. The lowest BCUT2D eigenvalue weighted by Gasteiger charge is -2.33. The molecule has 0 spiro atoms. The van der Waals surface area contributed by atoms with Gasteiger partial charge in [-0.3, -0.25) is 4.79 Å². The molecule has 4 heteroatoms. The lowest BCUT2D eigenvalue weighted by Crippen LogP contribution is -2.39. The maximum Gasteiger partial charge on any atom is 0.251 e. The normalized spacial score (nSPS) is 19.8. The Morgan fingerprint density at radius 1 is 1.45 bits per heavy atom. The van der Waals surface area contributed by atoms with Gasteiger partial charge in [0, 0.05) is 29.2 Å². The summed E-state index contributed by atoms with van der Waals surface area (Å²) in [5.41, 5.74) is 0.714. The fourth-order valence-corrected chi connectivity index (χ4v) is 3.10. The van der Waals surface area contributed by atoms with Crippen molar-refractivity contribution in [3.8, 4) is 0 Å². The minimum atomic E-state index is 0.0120. The van der Waals surface area contributed by atoms with Gasteiger partial charge in [-0.15, -0.1) is 0 Å². The van der Waals surface area contributed by atoms with Gasteiger partial charge in [-0.1, -0.05) is 28.4 Å². The molecular formula is C16H23BrN2O. The molecule has 0 saturated carbocycles. The van der Waals surface area contributed by atoms with Gasteiger partial charge in [0.25, 0.3) is 5.91 Å². The molecule has 1 aromatic rings. The number of likely N-dealkylation sites (tertiary alicyclic amines) is 1. The van der Waals surface area contributed by atoms with Crippen LogP contribution in [0.15, 0.2) is 28.7 Å². The van der Waals surface area contributed by atoms with Crippen LogP contribution in [0.2, 0.25) is 0 Å². The Hall–Kier alpha value is -0.870. The van der Waals surface area contributed by atoms with E-state index in [0.29, 0.717) is 11.6 Å². The van der Waals surface area contributed by atoms with E-state index in [1.54, 1.807) is 0 Å². The molecule has 3 nitrogen and oxygen atoms in total. The smallest absolute Gasteiger partial charge is 0.251 e. The topological polar surface area (TPSA) is 32.3 Å². The van der Waals surface area contributed by atoms with Gasteiger partial charge in [-0.25, -0.2) is 0 Å². The second kappa shape index (κ2) is 7.79. The van der Waals surface area contributed by atoms with Gasteiger partial charge >= 0.3 is 0 Å². The van der Waals surface area contributed by atoms with E-state index in [-0.39, 0.29) is 5.91 Å². The summed E-state index contributed by atoms with van der Waals surface area (Å²) in [4.78, 5) is 14.5. The van der Waals surface area contributed by atoms with E-state index >= 15 is 0 Å². The van der Waals surface area contributed by atoms with E-state index in [0.717, 1.165) is 24.0 Å². The summed E-state index contributed by atoms with van der Waals surface area (Å²) in [7, 11) is 0. The zero-order valence-corrected chi connectivity index (χ0v) is 13.7. The number of benzene rings is 1. The lowest BCUT2D eigenvalue weighted by molar-refractivity contribution is 0.0949. The molecule has 1 aromatic carbocycles. The molecule has 2 rings (SSSR count). The molecule has 1 heterocycles. The number of hydrogen-bond acceptors (Lipinski definition) is 2. The van der Waals surface area contributed by atoms with Crippen molar-refractivity contribution >= 4 is 21.8 Å². The average Bonchev–Trinajstić information content (AvgIpc) is 2.45. The third kappa shape index (κ3) is 4.60. The van der Waals surface area contributed by atoms with Crippen LogP contribution in [0.4, 0.5) is 0 Å². The molecule has 20 heavy (non-hydrogen) atoms. The van der Waals surface area contributed by atoms with Crippen molar-refractivity contribution in [1.82, 2.24) is 10.2 Å². The van der Waals surface area contributed by atoms with E-state index in [1.807, 2.05) is 24.3 Å². The third-order valence-electron chi connectivity index (χ3n) is 3.94. The number of rotatable bonds is 5. The summed E-state index contributed by atoms with van der Waals surface area (Å²) < 4.78 is 0.937. The number of nitrogens with zero attached hydrogens (tertiary/aromatic N) is 1. The molecule has 110 valence electrons. The van der Waals surface area contributed by atoms with Crippen molar-refractivity contribution in [3.05, 3.63) is 34.3 Å². The van der Waals surface area contributed by atoms with Crippen LogP contribution in [0.5, 0.6) is 0 Å². The van der Waals surface area contributed by atoms with Crippen molar-refractivity contribution in [2.45, 2.75) is 38.6 Å². The van der Waals surface area contributed by atoms with Crippen molar-refractivity contribution in [3.63, 3.8) is 0 Å². The number of carbonyl (C=O) groups excluding carboxylic acids is 1. The number of halogens is 1. The van der Waals surface area contributed by atoms with Crippen LogP contribution in [0.1, 0.15) is 43.0 Å². The molecule has 1 aliphatic heterocycles. The minimum Gasteiger partial charge on any atom is -0.352 e. The highest BCUT2D eigenvalue weighted by Gasteiger charge is 2.17. The first-order chi connectivity index (χ1) is 9.66. The monoisotopic (exact) mass is 338 g/mol. The zero-order chi connectivity index (χ0) is 14.4. The number of nitrogens with one attached hydrogen (secondary N) is 1. The molecule has 1 amide bonds. The molecule has 1 N–H and O–H groups in total. The fraction of sp³-hybridized carbons (Fsp3) is 0.562. The van der Waals surface area contributed by atoms with Gasteiger partial charge in [0.05, 0.1) is 0 Å². The fourth-order valence-electron chi connectivity index (χ4n) is 2.71. The van der Waals surface area contributed by atoms with Gasteiger partial charge in [0.2, 0.25) is 0 Å². The Labute approximate surface area is 129 Å². The Morgan fingerprint density at radius 3 is 3.05 bits per heavy atom. The molecule has 1 atom stereocenters. The van der Waals surface area contributed by atoms with Gasteiger partial charge in [-0.05, 0) is 50.9 Å². The molecule has 0 aliphatic carbocycles. The highest BCUT2D eigenvalue weighted by molar-refractivity contribution is 9.10. The molecule has 1 saturated heterocycles. The van der Waals surface area contributed by atoms with Gasteiger partial charge in [0.1, 0.15) is 0 Å². The Balaban J connectivity index is 1.69. The van der Waals surface area contributed by atoms with Crippen LogP contribution >= 0.6 is 15.9 Å². The molecule has 1 fully saturated rings. The molecule has 0 aromatic heterocycles. The second-order valence-corrected chi connectivity index (χ2v) is 6.42. The van der Waals surface area contributed by atoms with Crippen LogP contribution in [0, 0.1) is 0 Å². The van der Waals surface area contributed by atoms with Crippen LogP contribution < -0.4 is 5.32 Å². The first kappa shape index (κ1) is 15.5. The molecule has 1 aliphatic rings. The van der Waals surface area contributed by atoms with Crippen molar-refractivity contribution in [2.24, 2.45) is 0 Å². The predicted molar refractivity (Wildman–Crippen MR) is 86.0 cm³/mol. The van der Waals surface area contributed by atoms with Crippen LogP contribution in [-0.4, -0.2) is 36.5 Å². The van der Waals surface area contributed by atoms with Gasteiger partial charge in [0.15, 0.2) is 0 Å². The summed E-state index contributed by atoms with van der Waals surface area (Å²) in [6.45, 7) is 5.34. The number of piperidine rings is 1. The van der Waals surface area contributed by atoms with Crippen molar-refractivity contribution < 1.29 is 4.79 Å². The number of hydrogen-bond donors (Lipinski definition) is 1. The zero-order valence-electron chi connectivity index (χ0n) is 12.1. The van der Waals surface area contributed by atoms with E-state index in [9.17, 15) is 4.79 Å². The predicted octanol–water partition coefficient (Wildman–Crippen LogP) is 3.44. The minimum absolute atomic E-state index is 0.0120. The van der Waals surface area contributed by atoms with Crippen molar-refractivity contribution in [1.29, 1.82) is 0 Å². The molecule has 0 radical (unpaired) electrons. The van der Waals surface area contributed by atoms with Crippen LogP contribution in [-0.2, 0) is 0 Å². The number of amides is 1. The van der Waals surface area contributed by atoms with Crippen molar-refractivity contribution in [2.75, 3.05) is 19.6 Å². The van der Waals surface area contributed by atoms with E-state index in [4.69, 9.17) is 0 Å². The molecule has 0 unspecified atom stereocenters. The van der Waals surface area contributed by atoms with Gasteiger partial charge in [-0.2, -0.15) is 0 Å². The summed E-state index contributed by atoms with van der Waals surface area (Å²) in [6.07, 6.45) is 5.00. The molecule has 0 bridgehead atoms. The lowest BCUT2D eigenvalue weighted by atomic mass is 10.0. The third-order valence-corrected chi connectivity index (χ3v) is 4.43. The first-order valence-corrected chi connectivity index (χ1v) is 8.24. The Kier molecular flexibility index (Phi) is 6.05. The standard InChI is InChI=1S/C16H23BrN2O/c1-13-6-2-3-10-19(13)11-5-9-18-16(20)14-7-4-8-15(17)12-14/h4,7-8,12-13H,2-3,5-6,9-11H2,1H3,(H,18,20)/t13-/m1/s1. The van der Waals surface area contributed by atoms with Crippen LogP contribution in [0.25, 0.3) is 0 Å². The average molecular weight is 339 g/mol. The number of carbonyl (C=O) groups is 1. The Morgan fingerprint density at radius 2 is 2.30 bits per heavy atom. The maximum absolute atomic E-state index is 12.0. The first-order valence-electron chi connectivity index (χ1n) is 7.44. The largest absolute Gasteiger partial charge is 0.352 e. The summed E-state index contributed by atoms with van der Waals surface area (Å²) >= 11 is 3.38. The molecular weight excluding hydrogens is 316 g/mol. The summed E-state index contributed by atoms with van der Waals surface area (Å²) in [5, 5.41) is 2.99. The van der Waals surface area contributed by atoms with E-state index in [1.165, 1.54) is 25.8 Å². The SMILES string of the molecule is C[C@@H]1CCCCN1CCCNC(=O)c1cccc(Br)c1. The Bertz CT molecular complexity index is 450. The van der Waals surface area contributed by atoms with E-state index < -0.39 is 0 Å². The second-order valence-electron chi connectivity index (χ2n) is 5.50. The van der Waals surface area contributed by atoms with Crippen LogP contribution in [0.3, 0.4) is 0 Å². The maximum atomic E-state index is 12.0. The summed E-state index contributed by atoms with van der Waals surface area (Å²) in [5.74, 6) is 0.0120. The summed E-state index contributed by atoms with van der Waals surface area (Å²) in [6, 6.07) is 8.20. The highest BCUT2D eigenvalue weighted by atomic mass is 79.9. The van der Waals surface area contributed by atoms with Gasteiger partial charge < -0.3 is 10.2 Å². The van der Waals surface area contributed by atoms with E-state index in [2.05, 4.69) is 33.1 Å².